The van der Waals surface area contributed by atoms with Gasteiger partial charge in [0.05, 0.1) is 15.9 Å². The Morgan fingerprint density at radius 2 is 1.79 bits per heavy atom. The van der Waals surface area contributed by atoms with E-state index in [0.717, 1.165) is 16.9 Å². The first-order chi connectivity index (χ1) is 14.1. The quantitative estimate of drug-likeness (QED) is 0.508. The molecule has 0 saturated carbocycles. The lowest BCUT2D eigenvalue weighted by Crippen LogP contribution is -2.27. The Hall–Kier alpha value is -3.45. The second-order valence-electron chi connectivity index (χ2n) is 6.56. The van der Waals surface area contributed by atoms with Gasteiger partial charge in [0.2, 0.25) is 0 Å². The first kappa shape index (κ1) is 18.9. The highest BCUT2D eigenvalue weighted by atomic mass is 32.1. The van der Waals surface area contributed by atoms with Crippen molar-refractivity contribution in [1.29, 1.82) is 0 Å². The maximum atomic E-state index is 12.4. The highest BCUT2D eigenvalue weighted by molar-refractivity contribution is 7.12. The fraction of sp³-hybridized carbons (Fsp3) is 0.136. The fourth-order valence-electron chi connectivity index (χ4n) is 3.17. The number of para-hydroxylation sites is 2. The van der Waals surface area contributed by atoms with Gasteiger partial charge in [-0.1, -0.05) is 18.2 Å². The van der Waals surface area contributed by atoms with Crippen LogP contribution in [0.5, 0.6) is 0 Å². The second-order valence-corrected chi connectivity index (χ2v) is 7.51. The summed E-state index contributed by atoms with van der Waals surface area (Å²) in [6.45, 7) is 3.11. The van der Waals surface area contributed by atoms with Gasteiger partial charge in [0, 0.05) is 24.3 Å². The maximum Gasteiger partial charge on any atom is 0.265 e. The Balaban J connectivity index is 1.34. The lowest BCUT2D eigenvalue weighted by molar-refractivity contribution is 0.0951. The van der Waals surface area contributed by atoms with Gasteiger partial charge in [-0.2, -0.15) is 0 Å². The molecule has 0 atom stereocenters. The number of nitrogens with one attached hydrogen (secondary N) is 2. The Labute approximate surface area is 172 Å². The van der Waals surface area contributed by atoms with Crippen LogP contribution in [-0.2, 0) is 6.54 Å². The molecule has 0 aliphatic heterocycles. The number of fused-ring (bicyclic) bond motifs is 1. The molecule has 0 saturated heterocycles. The summed E-state index contributed by atoms with van der Waals surface area (Å²) in [6, 6.07) is 18.4. The van der Waals surface area contributed by atoms with Crippen molar-refractivity contribution in [2.24, 2.45) is 0 Å². The van der Waals surface area contributed by atoms with Gasteiger partial charge >= 0.3 is 0 Å². The van der Waals surface area contributed by atoms with Crippen molar-refractivity contribution in [3.05, 3.63) is 82.3 Å². The van der Waals surface area contributed by atoms with Crippen molar-refractivity contribution >= 4 is 39.9 Å². The lowest BCUT2D eigenvalue weighted by Gasteiger charge is -2.09. The molecule has 2 aromatic carbocycles. The summed E-state index contributed by atoms with van der Waals surface area (Å²) in [5.74, 6) is 0.620. The van der Waals surface area contributed by atoms with Gasteiger partial charge in [-0.05, 0) is 54.8 Å². The first-order valence-corrected chi connectivity index (χ1v) is 10.1. The van der Waals surface area contributed by atoms with Crippen LogP contribution in [0.15, 0.2) is 66.0 Å². The smallest absolute Gasteiger partial charge is 0.265 e. The summed E-state index contributed by atoms with van der Waals surface area (Å²) in [6.07, 6.45) is 0. The van der Waals surface area contributed by atoms with Crippen LogP contribution in [0.1, 0.15) is 25.9 Å². The van der Waals surface area contributed by atoms with E-state index in [2.05, 4.69) is 20.2 Å². The van der Waals surface area contributed by atoms with E-state index in [4.69, 9.17) is 0 Å². The molecule has 2 N–H and O–H groups in total. The van der Waals surface area contributed by atoms with Crippen molar-refractivity contribution in [1.82, 2.24) is 14.9 Å². The third-order valence-corrected chi connectivity index (χ3v) is 5.48. The van der Waals surface area contributed by atoms with Crippen LogP contribution in [0, 0.1) is 6.92 Å². The normalized spacial score (nSPS) is 10.8. The summed E-state index contributed by atoms with van der Waals surface area (Å²) in [5.41, 5.74) is 3.22. The van der Waals surface area contributed by atoms with Gasteiger partial charge in [0.1, 0.15) is 5.82 Å². The summed E-state index contributed by atoms with van der Waals surface area (Å²) >= 11 is 1.39. The molecule has 0 aliphatic carbocycles. The van der Waals surface area contributed by atoms with Crippen molar-refractivity contribution in [3.8, 4) is 0 Å². The van der Waals surface area contributed by atoms with Crippen LogP contribution in [0.3, 0.4) is 0 Å². The Morgan fingerprint density at radius 3 is 2.55 bits per heavy atom. The predicted octanol–water partition coefficient (Wildman–Crippen LogP) is 4.09. The predicted molar refractivity (Wildman–Crippen MR) is 116 cm³/mol. The highest BCUT2D eigenvalue weighted by Gasteiger charge is 2.10. The van der Waals surface area contributed by atoms with Crippen molar-refractivity contribution in [2.75, 3.05) is 11.9 Å². The zero-order valence-electron chi connectivity index (χ0n) is 15.9. The number of hydrogen-bond acceptors (Lipinski definition) is 4. The van der Waals surface area contributed by atoms with E-state index in [-0.39, 0.29) is 11.8 Å². The molecule has 4 rings (SSSR count). The number of aromatic nitrogens is 2. The summed E-state index contributed by atoms with van der Waals surface area (Å²) in [5, 5.41) is 7.62. The molecule has 7 heteroatoms. The van der Waals surface area contributed by atoms with E-state index in [1.807, 2.05) is 42.6 Å². The molecule has 0 aliphatic rings. The number of anilines is 1. The van der Waals surface area contributed by atoms with Crippen molar-refractivity contribution < 1.29 is 9.59 Å². The van der Waals surface area contributed by atoms with E-state index in [9.17, 15) is 9.59 Å². The van der Waals surface area contributed by atoms with Crippen molar-refractivity contribution in [3.63, 3.8) is 0 Å². The molecule has 4 aromatic rings. The third-order valence-electron chi connectivity index (χ3n) is 4.62. The molecule has 2 amide bonds. The number of amides is 2. The number of aryl methyl sites for hydroxylation is 1. The molecule has 2 aromatic heterocycles. The SMILES string of the molecule is Cc1nc2ccccc2n1CCNC(=O)c1ccc(NC(=O)c2cccs2)cc1. The average Bonchev–Trinajstić information content (AvgIpc) is 3.37. The molecule has 0 radical (unpaired) electrons. The second kappa shape index (κ2) is 8.28. The number of nitrogens with zero attached hydrogens (tertiary/aromatic N) is 2. The summed E-state index contributed by atoms with van der Waals surface area (Å²) in [4.78, 5) is 29.7. The van der Waals surface area contributed by atoms with E-state index in [1.54, 1.807) is 30.3 Å². The molecule has 2 heterocycles. The van der Waals surface area contributed by atoms with Gasteiger partial charge < -0.3 is 15.2 Å². The number of imidazole rings is 1. The number of carbonyl (C=O) groups is 2. The van der Waals surface area contributed by atoms with Crippen LogP contribution in [0.4, 0.5) is 5.69 Å². The van der Waals surface area contributed by atoms with Gasteiger partial charge in [-0.3, -0.25) is 9.59 Å². The Kier molecular flexibility index (Phi) is 5.39. The number of hydrogen-bond donors (Lipinski definition) is 2. The standard InChI is InChI=1S/C22H20N4O2S/c1-15-24-18-5-2-3-6-19(18)26(15)13-12-23-21(27)16-8-10-17(11-9-16)25-22(28)20-7-4-14-29-20/h2-11,14H,12-13H2,1H3,(H,23,27)(H,25,28). The maximum absolute atomic E-state index is 12.4. The van der Waals surface area contributed by atoms with Crippen molar-refractivity contribution in [2.45, 2.75) is 13.5 Å². The number of thiophene rings is 1. The van der Waals surface area contributed by atoms with E-state index in [1.165, 1.54) is 11.3 Å². The molecule has 0 fully saturated rings. The van der Waals surface area contributed by atoms with E-state index < -0.39 is 0 Å². The highest BCUT2D eigenvalue weighted by Crippen LogP contribution is 2.16. The van der Waals surface area contributed by atoms with E-state index in [0.29, 0.717) is 29.2 Å². The summed E-state index contributed by atoms with van der Waals surface area (Å²) in [7, 11) is 0. The first-order valence-electron chi connectivity index (χ1n) is 9.27. The molecular weight excluding hydrogens is 384 g/mol. The number of benzene rings is 2. The molecule has 146 valence electrons. The monoisotopic (exact) mass is 404 g/mol. The molecule has 0 spiro atoms. The average molecular weight is 404 g/mol. The molecule has 29 heavy (non-hydrogen) atoms. The Bertz CT molecular complexity index is 1150. The molecular formula is C22H20N4O2S. The minimum atomic E-state index is -0.153. The van der Waals surface area contributed by atoms with Gasteiger partial charge in [0.15, 0.2) is 0 Å². The van der Waals surface area contributed by atoms with Crippen LogP contribution >= 0.6 is 11.3 Å². The molecule has 0 bridgehead atoms. The minimum absolute atomic E-state index is 0.150. The zero-order valence-corrected chi connectivity index (χ0v) is 16.7. The van der Waals surface area contributed by atoms with Gasteiger partial charge in [-0.15, -0.1) is 11.3 Å². The van der Waals surface area contributed by atoms with Gasteiger partial charge in [-0.25, -0.2) is 4.98 Å². The number of carbonyl (C=O) groups excluding carboxylic acids is 2. The van der Waals surface area contributed by atoms with Crippen LogP contribution in [0.25, 0.3) is 11.0 Å². The minimum Gasteiger partial charge on any atom is -0.350 e. The molecule has 6 nitrogen and oxygen atoms in total. The van der Waals surface area contributed by atoms with Gasteiger partial charge in [0.25, 0.3) is 11.8 Å². The van der Waals surface area contributed by atoms with Crippen LogP contribution in [-0.4, -0.2) is 27.9 Å². The third kappa shape index (κ3) is 4.20. The summed E-state index contributed by atoms with van der Waals surface area (Å²) < 4.78 is 2.10. The fourth-order valence-corrected chi connectivity index (χ4v) is 3.79. The number of rotatable bonds is 6. The zero-order chi connectivity index (χ0) is 20.2. The largest absolute Gasteiger partial charge is 0.350 e. The van der Waals surface area contributed by atoms with E-state index >= 15 is 0 Å². The Morgan fingerprint density at radius 1 is 1.00 bits per heavy atom. The lowest BCUT2D eigenvalue weighted by atomic mass is 10.2. The van der Waals surface area contributed by atoms with Crippen LogP contribution < -0.4 is 10.6 Å². The topological polar surface area (TPSA) is 76.0 Å². The molecule has 0 unspecified atom stereocenters. The van der Waals surface area contributed by atoms with Crippen LogP contribution in [0.2, 0.25) is 0 Å².